The summed E-state index contributed by atoms with van der Waals surface area (Å²) in [7, 11) is 0. The predicted octanol–water partition coefficient (Wildman–Crippen LogP) is 2.31. The minimum Gasteiger partial charge on any atom is -0.294 e. The zero-order valence-electron chi connectivity index (χ0n) is 7.88. The second kappa shape index (κ2) is 3.91. The summed E-state index contributed by atoms with van der Waals surface area (Å²) < 4.78 is 25.8. The van der Waals surface area contributed by atoms with E-state index in [4.69, 9.17) is 0 Å². The van der Waals surface area contributed by atoms with Crippen LogP contribution in [-0.2, 0) is 0 Å². The fourth-order valence-corrected chi connectivity index (χ4v) is 2.50. The predicted molar refractivity (Wildman–Crippen MR) is 48.2 cm³/mol. The maximum absolute atomic E-state index is 12.9. The van der Waals surface area contributed by atoms with Crippen molar-refractivity contribution >= 4 is 0 Å². The molecule has 76 valence electrons. The highest BCUT2D eigenvalue weighted by atomic mass is 19.2. The fourth-order valence-electron chi connectivity index (χ4n) is 2.50. The van der Waals surface area contributed by atoms with Gasteiger partial charge in [0.25, 0.3) is 0 Å². The van der Waals surface area contributed by atoms with Crippen LogP contribution in [0, 0.1) is 0 Å². The molecule has 0 aromatic carbocycles. The first kappa shape index (κ1) is 9.38. The lowest BCUT2D eigenvalue weighted by atomic mass is 9.94. The number of rotatable bonds is 1. The third-order valence-corrected chi connectivity index (χ3v) is 3.30. The van der Waals surface area contributed by atoms with Gasteiger partial charge in [-0.2, -0.15) is 0 Å². The largest absolute Gasteiger partial charge is 0.294 e. The molecule has 0 radical (unpaired) electrons. The van der Waals surface area contributed by atoms with Gasteiger partial charge < -0.3 is 0 Å². The summed E-state index contributed by atoms with van der Waals surface area (Å²) in [5.41, 5.74) is 0. The van der Waals surface area contributed by atoms with E-state index in [1.165, 1.54) is 19.3 Å². The molecule has 0 N–H and O–H groups in total. The van der Waals surface area contributed by atoms with Crippen molar-refractivity contribution in [2.45, 2.75) is 50.5 Å². The minimum absolute atomic E-state index is 0.325. The number of hydrogen-bond donors (Lipinski definition) is 0. The maximum Gasteiger partial charge on any atom is 0.145 e. The van der Waals surface area contributed by atoms with E-state index in [-0.39, 0.29) is 0 Å². The molecular weight excluding hydrogens is 172 g/mol. The Morgan fingerprint density at radius 2 is 1.38 bits per heavy atom. The molecule has 1 saturated heterocycles. The summed E-state index contributed by atoms with van der Waals surface area (Å²) in [6, 6.07) is 0.466. The van der Waals surface area contributed by atoms with Crippen molar-refractivity contribution in [3.05, 3.63) is 0 Å². The molecule has 0 amide bonds. The smallest absolute Gasteiger partial charge is 0.145 e. The highest BCUT2D eigenvalue weighted by molar-refractivity contribution is 4.88. The molecule has 1 saturated carbocycles. The van der Waals surface area contributed by atoms with Crippen molar-refractivity contribution in [3.63, 3.8) is 0 Å². The van der Waals surface area contributed by atoms with Crippen LogP contribution in [-0.4, -0.2) is 36.4 Å². The van der Waals surface area contributed by atoms with E-state index in [0.717, 1.165) is 12.8 Å². The first-order valence-electron chi connectivity index (χ1n) is 5.29. The normalized spacial score (nSPS) is 38.3. The van der Waals surface area contributed by atoms with E-state index >= 15 is 0 Å². The Morgan fingerprint density at radius 1 is 0.846 bits per heavy atom. The molecule has 1 aliphatic carbocycles. The lowest BCUT2D eigenvalue weighted by Gasteiger charge is -2.30. The summed E-state index contributed by atoms with van der Waals surface area (Å²) in [4.78, 5) is 2.01. The lowest BCUT2D eigenvalue weighted by Crippen LogP contribution is -2.35. The Hall–Kier alpha value is -0.180. The Bertz CT molecular complexity index is 158. The molecular formula is C10H17F2N. The molecule has 0 spiro atoms. The van der Waals surface area contributed by atoms with Gasteiger partial charge in [0.2, 0.25) is 0 Å². The molecule has 13 heavy (non-hydrogen) atoms. The van der Waals surface area contributed by atoms with E-state index in [1.807, 2.05) is 4.90 Å². The van der Waals surface area contributed by atoms with Crippen molar-refractivity contribution in [1.29, 1.82) is 0 Å². The van der Waals surface area contributed by atoms with Crippen LogP contribution in [0.15, 0.2) is 0 Å². The Balaban J connectivity index is 1.87. The molecule has 1 nitrogen and oxygen atoms in total. The van der Waals surface area contributed by atoms with Crippen molar-refractivity contribution < 1.29 is 8.78 Å². The molecule has 1 aliphatic heterocycles. The topological polar surface area (TPSA) is 3.24 Å². The molecule has 2 aliphatic rings. The van der Waals surface area contributed by atoms with Crippen LogP contribution in [0.3, 0.4) is 0 Å². The third-order valence-electron chi connectivity index (χ3n) is 3.30. The lowest BCUT2D eigenvalue weighted by molar-refractivity contribution is 0.176. The van der Waals surface area contributed by atoms with Gasteiger partial charge in [0.1, 0.15) is 12.3 Å². The van der Waals surface area contributed by atoms with Crippen LogP contribution in [0.1, 0.15) is 32.1 Å². The van der Waals surface area contributed by atoms with E-state index in [2.05, 4.69) is 0 Å². The second-order valence-corrected chi connectivity index (χ2v) is 4.28. The fraction of sp³-hybridized carbons (Fsp3) is 1.00. The minimum atomic E-state index is -1.23. The summed E-state index contributed by atoms with van der Waals surface area (Å²) in [5, 5.41) is 0. The molecule has 2 atom stereocenters. The molecule has 0 bridgehead atoms. The standard InChI is InChI=1S/C10H17F2N/c11-9-6-13(7-10(9)12)8-4-2-1-3-5-8/h8-10H,1-7H2/t9-,10-/m1/s1. The summed E-state index contributed by atoms with van der Waals surface area (Å²) in [6.45, 7) is 0.650. The summed E-state index contributed by atoms with van der Waals surface area (Å²) >= 11 is 0. The molecule has 3 heteroatoms. The van der Waals surface area contributed by atoms with Gasteiger partial charge in [-0.1, -0.05) is 19.3 Å². The van der Waals surface area contributed by atoms with E-state index in [0.29, 0.717) is 19.1 Å². The molecule has 1 heterocycles. The van der Waals surface area contributed by atoms with Gasteiger partial charge in [0, 0.05) is 19.1 Å². The van der Waals surface area contributed by atoms with Gasteiger partial charge in [0.05, 0.1) is 0 Å². The maximum atomic E-state index is 12.9. The van der Waals surface area contributed by atoms with Gasteiger partial charge in [-0.05, 0) is 12.8 Å². The first-order chi connectivity index (χ1) is 6.27. The van der Waals surface area contributed by atoms with E-state index in [9.17, 15) is 8.78 Å². The highest BCUT2D eigenvalue weighted by Crippen LogP contribution is 2.27. The SMILES string of the molecule is F[C@@H]1CN(C2CCCCC2)C[C@H]1F. The van der Waals surface area contributed by atoms with Crippen molar-refractivity contribution in [2.75, 3.05) is 13.1 Å². The van der Waals surface area contributed by atoms with Gasteiger partial charge in [-0.3, -0.25) is 4.90 Å². The molecule has 0 aromatic rings. The zero-order chi connectivity index (χ0) is 9.26. The number of likely N-dealkylation sites (tertiary alicyclic amines) is 1. The Morgan fingerprint density at radius 3 is 1.92 bits per heavy atom. The van der Waals surface area contributed by atoms with Crippen LogP contribution in [0.2, 0.25) is 0 Å². The van der Waals surface area contributed by atoms with Crippen molar-refractivity contribution in [2.24, 2.45) is 0 Å². The van der Waals surface area contributed by atoms with Crippen LogP contribution in [0.4, 0.5) is 8.78 Å². The van der Waals surface area contributed by atoms with Crippen LogP contribution >= 0.6 is 0 Å². The number of nitrogens with zero attached hydrogens (tertiary/aromatic N) is 1. The van der Waals surface area contributed by atoms with E-state index < -0.39 is 12.3 Å². The van der Waals surface area contributed by atoms with Crippen LogP contribution < -0.4 is 0 Å². The first-order valence-corrected chi connectivity index (χ1v) is 5.29. The summed E-state index contributed by atoms with van der Waals surface area (Å²) in [5.74, 6) is 0. The highest BCUT2D eigenvalue weighted by Gasteiger charge is 2.36. The van der Waals surface area contributed by atoms with Gasteiger partial charge in [-0.25, -0.2) is 8.78 Å². The number of alkyl halides is 2. The van der Waals surface area contributed by atoms with E-state index in [1.54, 1.807) is 0 Å². The van der Waals surface area contributed by atoms with Gasteiger partial charge >= 0.3 is 0 Å². The Labute approximate surface area is 78.1 Å². The third kappa shape index (κ3) is 2.01. The number of hydrogen-bond acceptors (Lipinski definition) is 1. The summed E-state index contributed by atoms with van der Waals surface area (Å²) in [6.07, 6.45) is 3.56. The second-order valence-electron chi connectivity index (χ2n) is 4.28. The monoisotopic (exact) mass is 189 g/mol. The van der Waals surface area contributed by atoms with Crippen LogP contribution in [0.5, 0.6) is 0 Å². The number of halogens is 2. The van der Waals surface area contributed by atoms with Gasteiger partial charge in [-0.15, -0.1) is 0 Å². The quantitative estimate of drug-likeness (QED) is 0.612. The van der Waals surface area contributed by atoms with Crippen molar-refractivity contribution in [1.82, 2.24) is 4.90 Å². The average Bonchev–Trinajstić information content (AvgIpc) is 2.49. The van der Waals surface area contributed by atoms with Gasteiger partial charge in [0.15, 0.2) is 0 Å². The molecule has 0 unspecified atom stereocenters. The molecule has 2 fully saturated rings. The Kier molecular flexibility index (Phi) is 2.82. The zero-order valence-corrected chi connectivity index (χ0v) is 7.88. The average molecular weight is 189 g/mol. The van der Waals surface area contributed by atoms with Crippen LogP contribution in [0.25, 0.3) is 0 Å². The van der Waals surface area contributed by atoms with Crippen molar-refractivity contribution in [3.8, 4) is 0 Å². The molecule has 2 rings (SSSR count). The molecule has 0 aromatic heterocycles.